The van der Waals surface area contributed by atoms with E-state index in [1.54, 1.807) is 11.3 Å². The predicted molar refractivity (Wildman–Crippen MR) is 123 cm³/mol. The second-order valence-corrected chi connectivity index (χ2v) is 8.79. The van der Waals surface area contributed by atoms with E-state index in [0.717, 1.165) is 49.7 Å². The molecule has 1 aliphatic rings. The van der Waals surface area contributed by atoms with E-state index in [4.69, 9.17) is 4.98 Å². The number of fused-ring (bicyclic) bond motifs is 1. The Bertz CT molecular complexity index is 781. The quantitative estimate of drug-likeness (QED) is 0.582. The van der Waals surface area contributed by atoms with Gasteiger partial charge in [-0.25, -0.2) is 4.98 Å². The topological polar surface area (TPSA) is 36.4 Å². The number of amides is 1. The third-order valence-corrected chi connectivity index (χ3v) is 6.83. The first-order valence-corrected chi connectivity index (χ1v) is 11.3. The van der Waals surface area contributed by atoms with Gasteiger partial charge in [0.25, 0.3) is 0 Å². The molecule has 0 N–H and O–H groups in total. The molecule has 1 saturated carbocycles. The standard InChI is InChI=1S/C22H33N3OS.ClH/c1-5-24(6-2)12-13-25(21(26)18-10-8-7-9-11-18)22-23-20-17(4)14-16(3)15-19(20)27-22;/h14-15,18H,5-13H2,1-4H3;1H. The van der Waals surface area contributed by atoms with E-state index >= 15 is 0 Å². The smallest absolute Gasteiger partial charge is 0.231 e. The Morgan fingerprint density at radius 3 is 2.43 bits per heavy atom. The first-order valence-electron chi connectivity index (χ1n) is 10.4. The summed E-state index contributed by atoms with van der Waals surface area (Å²) in [5, 5.41) is 0.876. The van der Waals surface area contributed by atoms with Crippen LogP contribution >= 0.6 is 23.7 Å². The number of aromatic nitrogens is 1. The molecule has 0 bridgehead atoms. The van der Waals surface area contributed by atoms with Crippen molar-refractivity contribution in [3.63, 3.8) is 0 Å². The number of hydrogen-bond donors (Lipinski definition) is 0. The van der Waals surface area contributed by atoms with Gasteiger partial charge in [-0.3, -0.25) is 9.69 Å². The van der Waals surface area contributed by atoms with Gasteiger partial charge in [-0.05, 0) is 57.0 Å². The van der Waals surface area contributed by atoms with Crippen LogP contribution in [0.3, 0.4) is 0 Å². The molecule has 28 heavy (non-hydrogen) atoms. The maximum absolute atomic E-state index is 13.4. The molecule has 0 atom stereocenters. The fourth-order valence-electron chi connectivity index (χ4n) is 4.13. The zero-order valence-corrected chi connectivity index (χ0v) is 19.3. The van der Waals surface area contributed by atoms with Gasteiger partial charge in [-0.1, -0.05) is 50.5 Å². The van der Waals surface area contributed by atoms with Crippen LogP contribution in [0.5, 0.6) is 0 Å². The summed E-state index contributed by atoms with van der Waals surface area (Å²) in [5.74, 6) is 0.459. The van der Waals surface area contributed by atoms with Crippen molar-refractivity contribution in [1.29, 1.82) is 0 Å². The number of nitrogens with zero attached hydrogens (tertiary/aromatic N) is 3. The number of aryl methyl sites for hydroxylation is 2. The number of rotatable bonds is 7. The van der Waals surface area contributed by atoms with E-state index in [-0.39, 0.29) is 24.2 Å². The minimum absolute atomic E-state index is 0. The molecule has 1 heterocycles. The zero-order valence-electron chi connectivity index (χ0n) is 17.7. The van der Waals surface area contributed by atoms with Crippen molar-refractivity contribution in [2.45, 2.75) is 59.8 Å². The van der Waals surface area contributed by atoms with Crippen molar-refractivity contribution in [2.75, 3.05) is 31.1 Å². The van der Waals surface area contributed by atoms with Crippen LogP contribution in [0.1, 0.15) is 57.1 Å². The molecule has 1 aliphatic carbocycles. The molecular weight excluding hydrogens is 390 g/mol. The minimum Gasteiger partial charge on any atom is -0.302 e. The number of benzene rings is 1. The molecule has 0 spiro atoms. The first-order chi connectivity index (χ1) is 13.0. The number of halogens is 1. The van der Waals surface area contributed by atoms with Crippen LogP contribution in [0.15, 0.2) is 12.1 Å². The predicted octanol–water partition coefficient (Wildman–Crippen LogP) is 5.59. The lowest BCUT2D eigenvalue weighted by atomic mass is 9.88. The van der Waals surface area contributed by atoms with Gasteiger partial charge < -0.3 is 4.90 Å². The molecule has 0 unspecified atom stereocenters. The van der Waals surface area contributed by atoms with Crippen molar-refractivity contribution < 1.29 is 4.79 Å². The number of hydrogen-bond acceptors (Lipinski definition) is 4. The highest BCUT2D eigenvalue weighted by Crippen LogP contribution is 2.34. The van der Waals surface area contributed by atoms with E-state index in [2.05, 4.69) is 44.7 Å². The Hall–Kier alpha value is -1.17. The van der Waals surface area contributed by atoms with Gasteiger partial charge in [0.2, 0.25) is 5.91 Å². The highest BCUT2D eigenvalue weighted by molar-refractivity contribution is 7.22. The van der Waals surface area contributed by atoms with Crippen LogP contribution in [-0.2, 0) is 4.79 Å². The zero-order chi connectivity index (χ0) is 19.4. The summed E-state index contributed by atoms with van der Waals surface area (Å²) in [5.41, 5.74) is 3.50. The van der Waals surface area contributed by atoms with Crippen LogP contribution in [0.25, 0.3) is 10.2 Å². The van der Waals surface area contributed by atoms with Gasteiger partial charge >= 0.3 is 0 Å². The Balaban J connectivity index is 0.00000280. The lowest BCUT2D eigenvalue weighted by Gasteiger charge is -2.29. The van der Waals surface area contributed by atoms with E-state index < -0.39 is 0 Å². The maximum Gasteiger partial charge on any atom is 0.231 e. The average Bonchev–Trinajstić information content (AvgIpc) is 3.09. The Kier molecular flexibility index (Phi) is 8.72. The average molecular weight is 424 g/mol. The van der Waals surface area contributed by atoms with Crippen molar-refractivity contribution >= 4 is 45.0 Å². The van der Waals surface area contributed by atoms with E-state index in [0.29, 0.717) is 0 Å². The van der Waals surface area contributed by atoms with Crippen LogP contribution < -0.4 is 4.90 Å². The van der Waals surface area contributed by atoms with Crippen LogP contribution in [-0.4, -0.2) is 42.0 Å². The van der Waals surface area contributed by atoms with Gasteiger partial charge in [0.05, 0.1) is 10.2 Å². The Morgan fingerprint density at radius 1 is 1.11 bits per heavy atom. The Labute approximate surface area is 179 Å². The maximum atomic E-state index is 13.4. The molecule has 3 rings (SSSR count). The molecular formula is C22H34ClN3OS. The fourth-order valence-corrected chi connectivity index (χ4v) is 5.30. The molecule has 1 amide bonds. The van der Waals surface area contributed by atoms with Crippen molar-refractivity contribution in [1.82, 2.24) is 9.88 Å². The summed E-state index contributed by atoms with van der Waals surface area (Å²) in [4.78, 5) is 22.7. The number of thiazole rings is 1. The number of anilines is 1. The molecule has 4 nitrogen and oxygen atoms in total. The van der Waals surface area contributed by atoms with Gasteiger partial charge in [-0.2, -0.15) is 0 Å². The van der Waals surface area contributed by atoms with Crippen LogP contribution in [0.2, 0.25) is 0 Å². The monoisotopic (exact) mass is 423 g/mol. The number of carbonyl (C=O) groups is 1. The molecule has 6 heteroatoms. The third kappa shape index (κ3) is 5.25. The summed E-state index contributed by atoms with van der Waals surface area (Å²) >= 11 is 1.67. The van der Waals surface area contributed by atoms with Crippen LogP contribution in [0, 0.1) is 19.8 Å². The van der Waals surface area contributed by atoms with Gasteiger partial charge in [-0.15, -0.1) is 12.4 Å². The van der Waals surface area contributed by atoms with Gasteiger partial charge in [0.1, 0.15) is 0 Å². The molecule has 0 saturated heterocycles. The highest BCUT2D eigenvalue weighted by Gasteiger charge is 2.29. The SMILES string of the molecule is CCN(CC)CCN(C(=O)C1CCCCC1)c1nc2c(C)cc(C)cc2s1.Cl. The van der Waals surface area contributed by atoms with Crippen molar-refractivity contribution in [3.8, 4) is 0 Å². The molecule has 1 aromatic heterocycles. The van der Waals surface area contributed by atoms with E-state index in [1.807, 2.05) is 4.90 Å². The molecule has 0 radical (unpaired) electrons. The lowest BCUT2D eigenvalue weighted by Crippen LogP contribution is -2.42. The van der Waals surface area contributed by atoms with Crippen LogP contribution in [0.4, 0.5) is 5.13 Å². The summed E-state index contributed by atoms with van der Waals surface area (Å²) in [6, 6.07) is 4.37. The second-order valence-electron chi connectivity index (χ2n) is 7.78. The van der Waals surface area contributed by atoms with E-state index in [9.17, 15) is 4.79 Å². The lowest BCUT2D eigenvalue weighted by molar-refractivity contribution is -0.123. The summed E-state index contributed by atoms with van der Waals surface area (Å²) in [6.45, 7) is 12.3. The van der Waals surface area contributed by atoms with Crippen molar-refractivity contribution in [3.05, 3.63) is 23.3 Å². The largest absolute Gasteiger partial charge is 0.302 e. The molecule has 156 valence electrons. The summed E-state index contributed by atoms with van der Waals surface area (Å²) in [7, 11) is 0. The number of carbonyl (C=O) groups excluding carboxylic acids is 1. The molecule has 2 aromatic rings. The van der Waals surface area contributed by atoms with Gasteiger partial charge in [0.15, 0.2) is 5.13 Å². The summed E-state index contributed by atoms with van der Waals surface area (Å²) in [6.07, 6.45) is 5.69. The first kappa shape index (κ1) is 23.1. The third-order valence-electron chi connectivity index (χ3n) is 5.80. The fraction of sp³-hybridized carbons (Fsp3) is 0.636. The molecule has 0 aliphatic heterocycles. The Morgan fingerprint density at radius 2 is 1.79 bits per heavy atom. The minimum atomic E-state index is 0. The van der Waals surface area contributed by atoms with Gasteiger partial charge in [0, 0.05) is 19.0 Å². The van der Waals surface area contributed by atoms with Crippen molar-refractivity contribution in [2.24, 2.45) is 5.92 Å². The second kappa shape index (κ2) is 10.6. The number of likely N-dealkylation sites (N-methyl/N-ethyl adjacent to an activating group) is 1. The normalized spacial score (nSPS) is 15.0. The summed E-state index contributed by atoms with van der Waals surface area (Å²) < 4.78 is 1.19. The molecule has 1 aromatic carbocycles. The highest BCUT2D eigenvalue weighted by atomic mass is 35.5. The van der Waals surface area contributed by atoms with E-state index in [1.165, 1.54) is 35.1 Å². The molecule has 1 fully saturated rings.